The van der Waals surface area contributed by atoms with Gasteiger partial charge in [-0.05, 0) is 24.3 Å². The zero-order valence-electron chi connectivity index (χ0n) is 9.93. The first kappa shape index (κ1) is 13.8. The van der Waals surface area contributed by atoms with Crippen LogP contribution in [0.25, 0.3) is 0 Å². The van der Waals surface area contributed by atoms with Crippen molar-refractivity contribution in [2.75, 3.05) is 11.9 Å². The van der Waals surface area contributed by atoms with Gasteiger partial charge < -0.3 is 30.5 Å². The van der Waals surface area contributed by atoms with Gasteiger partial charge in [-0.1, -0.05) is 0 Å². The van der Waals surface area contributed by atoms with E-state index >= 15 is 0 Å². The van der Waals surface area contributed by atoms with Crippen LogP contribution in [0.15, 0.2) is 24.3 Å². The number of carboxylic acids is 1. The predicted molar refractivity (Wildman–Crippen MR) is 64.8 cm³/mol. The van der Waals surface area contributed by atoms with Crippen molar-refractivity contribution in [1.29, 1.82) is 0 Å². The monoisotopic (exact) mass is 269 g/mol. The zero-order valence-corrected chi connectivity index (χ0v) is 9.93. The van der Waals surface area contributed by atoms with Gasteiger partial charge in [-0.3, -0.25) is 0 Å². The summed E-state index contributed by atoms with van der Waals surface area (Å²) in [5, 5.41) is 40.1. The number of rotatable bonds is 3. The van der Waals surface area contributed by atoms with Crippen molar-refractivity contribution in [2.24, 2.45) is 0 Å². The first-order valence-corrected chi connectivity index (χ1v) is 5.74. The highest BCUT2D eigenvalue weighted by Crippen LogP contribution is 2.19. The summed E-state index contributed by atoms with van der Waals surface area (Å²) in [7, 11) is 0. The molecule has 1 heterocycles. The smallest absolute Gasteiger partial charge is 0.335 e. The molecule has 0 amide bonds. The predicted octanol–water partition coefficient (Wildman–Crippen LogP) is -0.764. The molecule has 1 fully saturated rings. The fraction of sp³-hybridized carbons (Fsp3) is 0.417. The van der Waals surface area contributed by atoms with Gasteiger partial charge in [0.05, 0.1) is 12.2 Å². The van der Waals surface area contributed by atoms with Crippen molar-refractivity contribution in [3.8, 4) is 0 Å². The summed E-state index contributed by atoms with van der Waals surface area (Å²) in [5.41, 5.74) is 0.684. The fourth-order valence-corrected chi connectivity index (χ4v) is 1.81. The third-order valence-corrected chi connectivity index (χ3v) is 2.94. The summed E-state index contributed by atoms with van der Waals surface area (Å²) in [6.07, 6.45) is -4.55. The normalized spacial score (nSPS) is 30.9. The average Bonchev–Trinajstić information content (AvgIpc) is 2.40. The molecule has 0 saturated carbocycles. The Hall–Kier alpha value is -1.67. The van der Waals surface area contributed by atoms with Gasteiger partial charge in [0.25, 0.3) is 0 Å². The minimum atomic E-state index is -1.29. The number of aromatic carboxylic acids is 1. The Bertz CT molecular complexity index is 448. The minimum Gasteiger partial charge on any atom is -0.478 e. The van der Waals surface area contributed by atoms with Crippen LogP contribution < -0.4 is 5.32 Å². The van der Waals surface area contributed by atoms with E-state index in [1.165, 1.54) is 24.3 Å². The Balaban J connectivity index is 2.03. The van der Waals surface area contributed by atoms with Crippen LogP contribution in [-0.4, -0.2) is 57.5 Å². The average molecular weight is 269 g/mol. The maximum Gasteiger partial charge on any atom is 0.335 e. The highest BCUT2D eigenvalue weighted by Gasteiger charge is 2.37. The molecule has 0 aliphatic carbocycles. The summed E-state index contributed by atoms with van der Waals surface area (Å²) in [6.45, 7) is -0.0941. The molecule has 0 spiro atoms. The van der Waals surface area contributed by atoms with Gasteiger partial charge in [0.1, 0.15) is 18.3 Å². The second-order valence-corrected chi connectivity index (χ2v) is 4.33. The number of benzene rings is 1. The van der Waals surface area contributed by atoms with Crippen molar-refractivity contribution in [1.82, 2.24) is 0 Å². The molecular weight excluding hydrogens is 254 g/mol. The molecule has 7 nitrogen and oxygen atoms in total. The number of hydrogen-bond acceptors (Lipinski definition) is 6. The molecule has 5 N–H and O–H groups in total. The Labute approximate surface area is 109 Å². The SMILES string of the molecule is O=C(O)c1ccc(N[C@@H]2OC[C@H](O)[C@H](O)[C@H]2O)cc1. The lowest BCUT2D eigenvalue weighted by Crippen LogP contribution is -2.55. The molecule has 0 unspecified atom stereocenters. The second-order valence-electron chi connectivity index (χ2n) is 4.33. The first-order valence-electron chi connectivity index (χ1n) is 5.74. The van der Waals surface area contributed by atoms with Crippen molar-refractivity contribution in [2.45, 2.75) is 24.5 Å². The van der Waals surface area contributed by atoms with Crippen LogP contribution in [0.3, 0.4) is 0 Å². The number of carbonyl (C=O) groups is 1. The molecule has 1 aliphatic rings. The van der Waals surface area contributed by atoms with Crippen molar-refractivity contribution < 1.29 is 30.0 Å². The lowest BCUT2D eigenvalue weighted by atomic mass is 10.0. The molecule has 0 bridgehead atoms. The maximum atomic E-state index is 10.7. The van der Waals surface area contributed by atoms with Gasteiger partial charge in [0.15, 0.2) is 6.23 Å². The summed E-state index contributed by atoms with van der Waals surface area (Å²) in [4.78, 5) is 10.7. The van der Waals surface area contributed by atoms with E-state index in [1.54, 1.807) is 0 Å². The summed E-state index contributed by atoms with van der Waals surface area (Å²) < 4.78 is 5.17. The molecule has 1 aliphatic heterocycles. The van der Waals surface area contributed by atoms with Crippen LogP contribution >= 0.6 is 0 Å². The maximum absolute atomic E-state index is 10.7. The van der Waals surface area contributed by atoms with E-state index in [4.69, 9.17) is 9.84 Å². The van der Waals surface area contributed by atoms with Gasteiger partial charge in [-0.15, -0.1) is 0 Å². The van der Waals surface area contributed by atoms with Crippen LogP contribution in [0, 0.1) is 0 Å². The largest absolute Gasteiger partial charge is 0.478 e. The highest BCUT2D eigenvalue weighted by molar-refractivity contribution is 5.87. The minimum absolute atomic E-state index is 0.0941. The Morgan fingerprint density at radius 3 is 2.37 bits per heavy atom. The Kier molecular flexibility index (Phi) is 4.01. The summed E-state index contributed by atoms with van der Waals surface area (Å²) in [6, 6.07) is 5.87. The third-order valence-electron chi connectivity index (χ3n) is 2.94. The number of anilines is 1. The van der Waals surface area contributed by atoms with Gasteiger partial charge in [0.2, 0.25) is 0 Å². The second kappa shape index (κ2) is 5.54. The van der Waals surface area contributed by atoms with Crippen molar-refractivity contribution >= 4 is 11.7 Å². The fourth-order valence-electron chi connectivity index (χ4n) is 1.81. The van der Waals surface area contributed by atoms with E-state index in [9.17, 15) is 20.1 Å². The van der Waals surface area contributed by atoms with E-state index < -0.39 is 30.5 Å². The Morgan fingerprint density at radius 2 is 1.79 bits per heavy atom. The van der Waals surface area contributed by atoms with Crippen molar-refractivity contribution in [3.05, 3.63) is 29.8 Å². The van der Waals surface area contributed by atoms with Crippen LogP contribution in [0.4, 0.5) is 5.69 Å². The number of ether oxygens (including phenoxy) is 1. The lowest BCUT2D eigenvalue weighted by Gasteiger charge is -2.35. The Morgan fingerprint density at radius 1 is 1.16 bits per heavy atom. The van der Waals surface area contributed by atoms with E-state index in [0.29, 0.717) is 5.69 Å². The molecule has 1 aromatic rings. The molecule has 0 radical (unpaired) electrons. The van der Waals surface area contributed by atoms with Gasteiger partial charge in [-0.25, -0.2) is 4.79 Å². The molecule has 4 atom stereocenters. The lowest BCUT2D eigenvalue weighted by molar-refractivity contribution is -0.178. The van der Waals surface area contributed by atoms with Gasteiger partial charge >= 0.3 is 5.97 Å². The molecule has 104 valence electrons. The standard InChI is InChI=1S/C12H15NO6/c14-8-5-19-11(10(16)9(8)15)13-7-3-1-6(2-4-7)12(17)18/h1-4,8-11,13-16H,5H2,(H,17,18)/t8-,9-,10+,11+/m0/s1. The zero-order chi connectivity index (χ0) is 14.0. The highest BCUT2D eigenvalue weighted by atomic mass is 16.5. The number of aliphatic hydroxyl groups excluding tert-OH is 3. The van der Waals surface area contributed by atoms with Gasteiger partial charge in [-0.2, -0.15) is 0 Å². The van der Waals surface area contributed by atoms with E-state index in [2.05, 4.69) is 5.32 Å². The number of nitrogens with one attached hydrogen (secondary N) is 1. The third kappa shape index (κ3) is 3.02. The first-order chi connectivity index (χ1) is 8.99. The van der Waals surface area contributed by atoms with E-state index in [0.717, 1.165) is 0 Å². The molecule has 2 rings (SSSR count). The van der Waals surface area contributed by atoms with E-state index in [-0.39, 0.29) is 12.2 Å². The van der Waals surface area contributed by atoms with E-state index in [1.807, 2.05) is 0 Å². The molecule has 19 heavy (non-hydrogen) atoms. The summed E-state index contributed by atoms with van der Waals surface area (Å²) in [5.74, 6) is -1.03. The number of carboxylic acid groups (broad SMARTS) is 1. The molecule has 1 saturated heterocycles. The topological polar surface area (TPSA) is 119 Å². The van der Waals surface area contributed by atoms with Crippen LogP contribution in [-0.2, 0) is 4.74 Å². The van der Waals surface area contributed by atoms with Crippen molar-refractivity contribution in [3.63, 3.8) is 0 Å². The number of hydrogen-bond donors (Lipinski definition) is 5. The molecule has 1 aromatic carbocycles. The van der Waals surface area contributed by atoms with Crippen LogP contribution in [0.1, 0.15) is 10.4 Å². The van der Waals surface area contributed by atoms with Gasteiger partial charge in [0, 0.05) is 5.69 Å². The molecule has 7 heteroatoms. The summed E-state index contributed by atoms with van der Waals surface area (Å²) >= 11 is 0. The number of aliphatic hydroxyl groups is 3. The van der Waals surface area contributed by atoms with Crippen LogP contribution in [0.2, 0.25) is 0 Å². The molecular formula is C12H15NO6. The quantitative estimate of drug-likeness (QED) is 0.489. The van der Waals surface area contributed by atoms with Crippen LogP contribution in [0.5, 0.6) is 0 Å². The molecule has 0 aromatic heterocycles.